The van der Waals surface area contributed by atoms with Gasteiger partial charge in [-0.05, 0) is 42.0 Å². The van der Waals surface area contributed by atoms with Gasteiger partial charge in [0.1, 0.15) is 0 Å². The van der Waals surface area contributed by atoms with Crippen molar-refractivity contribution in [3.63, 3.8) is 0 Å². The van der Waals surface area contributed by atoms with Crippen LogP contribution in [0.1, 0.15) is 31.7 Å². The molecule has 1 atom stereocenters. The average Bonchev–Trinajstić information content (AvgIpc) is 2.73. The van der Waals surface area contributed by atoms with Crippen LogP contribution < -0.4 is 0 Å². The topological polar surface area (TPSA) is 53.5 Å². The van der Waals surface area contributed by atoms with Crippen molar-refractivity contribution in [1.82, 2.24) is 14.8 Å². The van der Waals surface area contributed by atoms with Gasteiger partial charge in [0.15, 0.2) is 0 Å². The summed E-state index contributed by atoms with van der Waals surface area (Å²) in [4.78, 5) is 33.3. The first-order valence-electron chi connectivity index (χ1n) is 9.94. The van der Waals surface area contributed by atoms with E-state index in [9.17, 15) is 9.59 Å². The maximum Gasteiger partial charge on any atom is 0.230 e. The highest BCUT2D eigenvalue weighted by molar-refractivity contribution is 5.84. The number of piperidine rings is 1. The lowest BCUT2D eigenvalue weighted by atomic mass is 9.73. The second kappa shape index (κ2) is 8.55. The summed E-state index contributed by atoms with van der Waals surface area (Å²) in [5, 5.41) is 0. The van der Waals surface area contributed by atoms with E-state index in [-0.39, 0.29) is 11.8 Å². The minimum atomic E-state index is -0.569. The van der Waals surface area contributed by atoms with Crippen LogP contribution in [0.3, 0.4) is 0 Å². The molecule has 5 heteroatoms. The third-order valence-corrected chi connectivity index (χ3v) is 5.56. The van der Waals surface area contributed by atoms with Crippen molar-refractivity contribution in [3.05, 3.63) is 54.4 Å². The van der Waals surface area contributed by atoms with Crippen LogP contribution in [-0.4, -0.2) is 53.8 Å². The normalized spacial score (nSPS) is 19.3. The summed E-state index contributed by atoms with van der Waals surface area (Å²) in [6.45, 7) is 3.11. The average molecular weight is 380 g/mol. The highest BCUT2D eigenvalue weighted by atomic mass is 16.2. The lowest BCUT2D eigenvalue weighted by Gasteiger charge is -2.43. The molecule has 5 nitrogen and oxygen atoms in total. The van der Waals surface area contributed by atoms with Crippen LogP contribution in [0.4, 0.5) is 0 Å². The second-order valence-electron chi connectivity index (χ2n) is 7.87. The van der Waals surface area contributed by atoms with Gasteiger partial charge < -0.3 is 9.80 Å². The van der Waals surface area contributed by atoms with Crippen molar-refractivity contribution < 1.29 is 9.59 Å². The van der Waals surface area contributed by atoms with Gasteiger partial charge in [-0.15, -0.1) is 0 Å². The van der Waals surface area contributed by atoms with Crippen LogP contribution in [0.5, 0.6) is 0 Å². The van der Waals surface area contributed by atoms with E-state index >= 15 is 0 Å². The third kappa shape index (κ3) is 4.24. The number of amides is 2. The summed E-state index contributed by atoms with van der Waals surface area (Å²) in [5.41, 5.74) is 2.70. The Morgan fingerprint density at radius 1 is 1.18 bits per heavy atom. The molecule has 3 rings (SSSR count). The highest BCUT2D eigenvalue weighted by Gasteiger charge is 2.44. The van der Waals surface area contributed by atoms with Crippen molar-refractivity contribution in [1.29, 1.82) is 0 Å². The molecule has 148 valence electrons. The maximum atomic E-state index is 13.2. The highest BCUT2D eigenvalue weighted by Crippen LogP contribution is 2.36. The molecule has 1 aliphatic rings. The van der Waals surface area contributed by atoms with Gasteiger partial charge in [0, 0.05) is 46.0 Å². The van der Waals surface area contributed by atoms with Crippen LogP contribution in [0.25, 0.3) is 11.1 Å². The first-order valence-corrected chi connectivity index (χ1v) is 9.94. The largest absolute Gasteiger partial charge is 0.348 e. The van der Waals surface area contributed by atoms with Gasteiger partial charge in [-0.25, -0.2) is 0 Å². The number of carbonyl (C=O) groups is 2. The lowest BCUT2D eigenvalue weighted by Crippen LogP contribution is -2.54. The molecule has 2 amide bonds. The van der Waals surface area contributed by atoms with E-state index in [1.165, 1.54) is 0 Å². The van der Waals surface area contributed by atoms with Crippen LogP contribution in [0.15, 0.2) is 48.8 Å². The molecule has 0 saturated carbocycles. The zero-order valence-electron chi connectivity index (χ0n) is 17.0. The van der Waals surface area contributed by atoms with Crippen LogP contribution in [0.2, 0.25) is 0 Å². The molecule has 0 radical (unpaired) electrons. The molecule has 2 aromatic rings. The van der Waals surface area contributed by atoms with Crippen LogP contribution >= 0.6 is 0 Å². The number of likely N-dealkylation sites (tertiary alicyclic amines) is 1. The zero-order valence-corrected chi connectivity index (χ0v) is 17.0. The first-order chi connectivity index (χ1) is 13.4. The summed E-state index contributed by atoms with van der Waals surface area (Å²) < 4.78 is 0. The third-order valence-electron chi connectivity index (χ3n) is 5.56. The smallest absolute Gasteiger partial charge is 0.230 e. The number of aromatic nitrogens is 1. The van der Waals surface area contributed by atoms with Crippen molar-refractivity contribution in [2.24, 2.45) is 5.41 Å². The van der Waals surface area contributed by atoms with E-state index in [0.29, 0.717) is 19.4 Å². The minimum Gasteiger partial charge on any atom is -0.348 e. The summed E-state index contributed by atoms with van der Waals surface area (Å²) in [6, 6.07) is 12.3. The number of pyridine rings is 1. The molecule has 28 heavy (non-hydrogen) atoms. The molecule has 1 aliphatic heterocycles. The molecule has 0 N–H and O–H groups in total. The number of hydrogen-bond acceptors (Lipinski definition) is 3. The molecule has 1 aromatic carbocycles. The molecule has 2 heterocycles. The Balaban J connectivity index is 1.92. The van der Waals surface area contributed by atoms with E-state index in [1.807, 2.05) is 36.2 Å². The van der Waals surface area contributed by atoms with E-state index in [1.54, 1.807) is 25.2 Å². The van der Waals surface area contributed by atoms with Gasteiger partial charge in [-0.1, -0.05) is 37.3 Å². The molecular weight excluding hydrogens is 350 g/mol. The van der Waals surface area contributed by atoms with E-state index < -0.39 is 5.41 Å². The summed E-state index contributed by atoms with van der Waals surface area (Å²) in [7, 11) is 3.60. The van der Waals surface area contributed by atoms with E-state index in [0.717, 1.165) is 36.1 Å². The molecular formula is C23H29N3O2. The predicted molar refractivity (Wildman–Crippen MR) is 111 cm³/mol. The van der Waals surface area contributed by atoms with Gasteiger partial charge in [-0.3, -0.25) is 14.6 Å². The molecule has 1 aromatic heterocycles. The van der Waals surface area contributed by atoms with Crippen LogP contribution in [-0.2, 0) is 16.0 Å². The van der Waals surface area contributed by atoms with E-state index in [4.69, 9.17) is 0 Å². The van der Waals surface area contributed by atoms with Crippen molar-refractivity contribution in [2.75, 3.05) is 27.2 Å². The fraction of sp³-hybridized carbons (Fsp3) is 0.435. The Morgan fingerprint density at radius 2 is 1.96 bits per heavy atom. The zero-order chi connectivity index (χ0) is 20.1. The van der Waals surface area contributed by atoms with Crippen molar-refractivity contribution in [2.45, 2.75) is 32.6 Å². The molecule has 0 aliphatic carbocycles. The standard InChI is InChI=1S/C23H29N3O2/c1-4-21(27)26-13-7-11-23(17-26,22(28)25(2)3)15-18-8-5-9-19(14-18)20-10-6-12-24-16-20/h5-6,8-10,12,14,16H,4,7,11,13,15,17H2,1-3H3/t23-/m1/s1. The maximum absolute atomic E-state index is 13.2. The fourth-order valence-corrected chi connectivity index (χ4v) is 4.22. The summed E-state index contributed by atoms with van der Waals surface area (Å²) in [5.74, 6) is 0.229. The molecule has 0 unspecified atom stereocenters. The Kier molecular flexibility index (Phi) is 6.12. The number of nitrogens with zero attached hydrogens (tertiary/aromatic N) is 3. The second-order valence-corrected chi connectivity index (χ2v) is 7.87. The predicted octanol–water partition coefficient (Wildman–Crippen LogP) is 3.40. The number of benzene rings is 1. The SMILES string of the molecule is CCC(=O)N1CCC[C@](Cc2cccc(-c3cccnc3)c2)(C(=O)N(C)C)C1. The first kappa shape index (κ1) is 20.1. The molecule has 0 spiro atoms. The van der Waals surface area contributed by atoms with Gasteiger partial charge in [-0.2, -0.15) is 0 Å². The van der Waals surface area contributed by atoms with Crippen molar-refractivity contribution >= 4 is 11.8 Å². The Hall–Kier alpha value is -2.69. The Morgan fingerprint density at radius 3 is 2.64 bits per heavy atom. The fourth-order valence-electron chi connectivity index (χ4n) is 4.22. The monoisotopic (exact) mass is 379 g/mol. The number of hydrogen-bond donors (Lipinski definition) is 0. The van der Waals surface area contributed by atoms with Crippen molar-refractivity contribution in [3.8, 4) is 11.1 Å². The van der Waals surface area contributed by atoms with E-state index in [2.05, 4.69) is 23.2 Å². The Labute approximate surface area is 167 Å². The Bertz CT molecular complexity index is 835. The number of rotatable bonds is 5. The lowest BCUT2D eigenvalue weighted by molar-refractivity contribution is -0.147. The summed E-state index contributed by atoms with van der Waals surface area (Å²) >= 11 is 0. The van der Waals surface area contributed by atoms with Crippen LogP contribution in [0, 0.1) is 5.41 Å². The van der Waals surface area contributed by atoms with Gasteiger partial charge in [0.05, 0.1) is 5.41 Å². The summed E-state index contributed by atoms with van der Waals surface area (Å²) in [6.07, 6.45) is 6.37. The van der Waals surface area contributed by atoms with Gasteiger partial charge in [0.25, 0.3) is 0 Å². The minimum absolute atomic E-state index is 0.105. The molecule has 0 bridgehead atoms. The van der Waals surface area contributed by atoms with Gasteiger partial charge in [0.2, 0.25) is 11.8 Å². The van der Waals surface area contributed by atoms with Gasteiger partial charge >= 0.3 is 0 Å². The number of carbonyl (C=O) groups excluding carboxylic acids is 2. The molecule has 1 fully saturated rings. The molecule has 1 saturated heterocycles. The quantitative estimate of drug-likeness (QED) is 0.800.